The molecule has 0 heterocycles. The fourth-order valence-corrected chi connectivity index (χ4v) is 1.27. The number of aliphatic hydroxyl groups excluding tert-OH is 1. The van der Waals surface area contributed by atoms with Gasteiger partial charge < -0.3 is 9.84 Å². The maximum absolute atomic E-state index is 9.16. The van der Waals surface area contributed by atoms with Gasteiger partial charge in [-0.1, -0.05) is 27.7 Å². The highest BCUT2D eigenvalue weighted by Crippen LogP contribution is 2.27. The lowest BCUT2D eigenvalue weighted by Crippen LogP contribution is -2.25. The Morgan fingerprint density at radius 1 is 1.23 bits per heavy atom. The number of hydrogen-bond acceptors (Lipinski definition) is 2. The van der Waals surface area contributed by atoms with Crippen molar-refractivity contribution in [2.45, 2.75) is 40.5 Å². The Bertz CT molecular complexity index is 116. The van der Waals surface area contributed by atoms with Crippen LogP contribution in [-0.4, -0.2) is 24.9 Å². The summed E-state index contributed by atoms with van der Waals surface area (Å²) in [7, 11) is 0. The van der Waals surface area contributed by atoms with E-state index in [1.54, 1.807) is 0 Å². The number of rotatable bonds is 6. The predicted molar refractivity (Wildman–Crippen MR) is 55.8 cm³/mol. The van der Waals surface area contributed by atoms with Crippen molar-refractivity contribution < 1.29 is 9.84 Å². The van der Waals surface area contributed by atoms with Crippen LogP contribution in [0.3, 0.4) is 0 Å². The molecule has 0 aromatic heterocycles. The Kier molecular flexibility index (Phi) is 6.35. The highest BCUT2D eigenvalue weighted by atomic mass is 16.5. The van der Waals surface area contributed by atoms with E-state index in [9.17, 15) is 0 Å². The van der Waals surface area contributed by atoms with Crippen molar-refractivity contribution >= 4 is 0 Å². The fourth-order valence-electron chi connectivity index (χ4n) is 1.27. The Morgan fingerprint density at radius 3 is 2.23 bits per heavy atom. The van der Waals surface area contributed by atoms with E-state index in [-0.39, 0.29) is 12.0 Å². The van der Waals surface area contributed by atoms with Crippen LogP contribution < -0.4 is 0 Å². The van der Waals surface area contributed by atoms with Crippen LogP contribution in [-0.2, 0) is 4.74 Å². The molecule has 80 valence electrons. The molecule has 0 aromatic carbocycles. The molecule has 0 aromatic rings. The zero-order valence-corrected chi connectivity index (χ0v) is 9.47. The first-order valence-electron chi connectivity index (χ1n) is 5.21. The van der Waals surface area contributed by atoms with Crippen molar-refractivity contribution in [1.82, 2.24) is 0 Å². The monoisotopic (exact) mass is 188 g/mol. The van der Waals surface area contributed by atoms with Gasteiger partial charge in [-0.25, -0.2) is 0 Å². The molecule has 0 bridgehead atoms. The Labute approximate surface area is 82.3 Å². The van der Waals surface area contributed by atoms with Gasteiger partial charge in [0.15, 0.2) is 0 Å². The van der Waals surface area contributed by atoms with Crippen LogP contribution in [0.4, 0.5) is 0 Å². The van der Waals surface area contributed by atoms with E-state index in [4.69, 9.17) is 9.84 Å². The average Bonchev–Trinajstić information content (AvgIpc) is 2.02. The maximum atomic E-state index is 9.16. The zero-order chi connectivity index (χ0) is 10.3. The second-order valence-electron chi connectivity index (χ2n) is 4.65. The Hall–Kier alpha value is -0.0800. The minimum absolute atomic E-state index is 0.185. The molecule has 0 aliphatic heterocycles. The first-order valence-corrected chi connectivity index (χ1v) is 5.21. The van der Waals surface area contributed by atoms with Gasteiger partial charge in [0.05, 0.1) is 0 Å². The molecule has 1 unspecified atom stereocenters. The smallest absolute Gasteiger partial charge is 0.0469 e. The van der Waals surface area contributed by atoms with Gasteiger partial charge >= 0.3 is 0 Å². The highest BCUT2D eigenvalue weighted by Gasteiger charge is 2.23. The molecule has 0 aliphatic carbocycles. The maximum Gasteiger partial charge on any atom is 0.0469 e. The summed E-state index contributed by atoms with van der Waals surface area (Å²) >= 11 is 0. The van der Waals surface area contributed by atoms with Crippen LogP contribution in [0.1, 0.15) is 40.5 Å². The minimum Gasteiger partial charge on any atom is -0.396 e. The molecular formula is C11H24O2. The van der Waals surface area contributed by atoms with Crippen LogP contribution >= 0.6 is 0 Å². The summed E-state index contributed by atoms with van der Waals surface area (Å²) in [5, 5.41) is 9.16. The first-order chi connectivity index (χ1) is 6.02. The van der Waals surface area contributed by atoms with Crippen molar-refractivity contribution in [3.8, 4) is 0 Å². The molecule has 2 heteroatoms. The van der Waals surface area contributed by atoms with Crippen LogP contribution in [0.15, 0.2) is 0 Å². The Balaban J connectivity index is 3.61. The number of hydrogen-bond donors (Lipinski definition) is 1. The predicted octanol–water partition coefficient (Wildman–Crippen LogP) is 2.46. The van der Waals surface area contributed by atoms with Gasteiger partial charge in [-0.2, -0.15) is 0 Å². The molecule has 0 saturated carbocycles. The molecule has 0 saturated heterocycles. The second-order valence-corrected chi connectivity index (χ2v) is 4.65. The lowest BCUT2D eigenvalue weighted by molar-refractivity contribution is 0.0681. The summed E-state index contributed by atoms with van der Waals surface area (Å²) in [4.78, 5) is 0. The van der Waals surface area contributed by atoms with Crippen molar-refractivity contribution in [2.24, 2.45) is 11.3 Å². The normalized spacial score (nSPS) is 14.5. The van der Waals surface area contributed by atoms with E-state index >= 15 is 0 Å². The van der Waals surface area contributed by atoms with Crippen LogP contribution in [0.25, 0.3) is 0 Å². The number of aliphatic hydroxyl groups is 1. The van der Waals surface area contributed by atoms with Gasteiger partial charge in [0, 0.05) is 19.8 Å². The van der Waals surface area contributed by atoms with E-state index in [1.807, 2.05) is 0 Å². The lowest BCUT2D eigenvalue weighted by Gasteiger charge is -2.28. The molecule has 2 nitrogen and oxygen atoms in total. The molecule has 0 radical (unpaired) electrons. The molecule has 0 fully saturated rings. The second kappa shape index (κ2) is 6.39. The van der Waals surface area contributed by atoms with Crippen LogP contribution in [0.2, 0.25) is 0 Å². The molecule has 0 spiro atoms. The van der Waals surface area contributed by atoms with Crippen LogP contribution in [0.5, 0.6) is 0 Å². The van der Waals surface area contributed by atoms with Crippen molar-refractivity contribution in [2.75, 3.05) is 19.8 Å². The topological polar surface area (TPSA) is 29.5 Å². The van der Waals surface area contributed by atoms with E-state index in [0.717, 1.165) is 26.1 Å². The molecule has 1 N–H and O–H groups in total. The molecule has 0 amide bonds. The molecule has 0 rings (SSSR count). The third-order valence-electron chi connectivity index (χ3n) is 2.40. The quantitative estimate of drug-likeness (QED) is 0.649. The third-order valence-corrected chi connectivity index (χ3v) is 2.40. The zero-order valence-electron chi connectivity index (χ0n) is 9.47. The summed E-state index contributed by atoms with van der Waals surface area (Å²) in [5.74, 6) is 0.351. The minimum atomic E-state index is 0.185. The fraction of sp³-hybridized carbons (Fsp3) is 1.00. The third kappa shape index (κ3) is 6.05. The van der Waals surface area contributed by atoms with E-state index in [1.165, 1.54) is 0 Å². The summed E-state index contributed by atoms with van der Waals surface area (Å²) in [5.41, 5.74) is 0.185. The van der Waals surface area contributed by atoms with Gasteiger partial charge in [0.1, 0.15) is 0 Å². The van der Waals surface area contributed by atoms with E-state index in [2.05, 4.69) is 27.7 Å². The molecule has 13 heavy (non-hydrogen) atoms. The van der Waals surface area contributed by atoms with Gasteiger partial charge in [-0.15, -0.1) is 0 Å². The Morgan fingerprint density at radius 2 is 1.85 bits per heavy atom. The summed E-state index contributed by atoms with van der Waals surface area (Å²) in [6.07, 6.45) is 2.03. The van der Waals surface area contributed by atoms with Crippen LogP contribution in [0, 0.1) is 11.3 Å². The summed E-state index contributed by atoms with van der Waals surface area (Å²) in [6, 6.07) is 0. The van der Waals surface area contributed by atoms with E-state index in [0.29, 0.717) is 5.92 Å². The average molecular weight is 188 g/mol. The van der Waals surface area contributed by atoms with Crippen molar-refractivity contribution in [3.63, 3.8) is 0 Å². The van der Waals surface area contributed by atoms with Crippen molar-refractivity contribution in [1.29, 1.82) is 0 Å². The molecule has 1 atom stereocenters. The molecular weight excluding hydrogens is 164 g/mol. The molecule has 0 aliphatic rings. The van der Waals surface area contributed by atoms with Crippen molar-refractivity contribution in [3.05, 3.63) is 0 Å². The van der Waals surface area contributed by atoms with Gasteiger partial charge in [-0.3, -0.25) is 0 Å². The highest BCUT2D eigenvalue weighted by molar-refractivity contribution is 4.72. The standard InChI is InChI=1S/C11H24O2/c1-5-7-13-8-6-10(9-12)11(2,3)4/h10,12H,5-9H2,1-4H3. The van der Waals surface area contributed by atoms with Gasteiger partial charge in [-0.05, 0) is 24.2 Å². The first kappa shape index (κ1) is 12.9. The number of ether oxygens (including phenoxy) is 1. The SMILES string of the molecule is CCCOCCC(CO)C(C)(C)C. The van der Waals surface area contributed by atoms with Gasteiger partial charge in [0.25, 0.3) is 0 Å². The summed E-state index contributed by atoms with van der Waals surface area (Å²) < 4.78 is 5.40. The lowest BCUT2D eigenvalue weighted by atomic mass is 9.79. The largest absolute Gasteiger partial charge is 0.396 e. The van der Waals surface area contributed by atoms with Gasteiger partial charge in [0.2, 0.25) is 0 Å². The van der Waals surface area contributed by atoms with E-state index < -0.39 is 0 Å². The summed E-state index contributed by atoms with van der Waals surface area (Å²) in [6.45, 7) is 10.5.